The topological polar surface area (TPSA) is 57.8 Å². The molecule has 0 aliphatic rings. The third kappa shape index (κ3) is 4.21. The van der Waals surface area contributed by atoms with Crippen LogP contribution in [0.3, 0.4) is 0 Å². The fraction of sp³-hybridized carbons (Fsp3) is 0.474. The van der Waals surface area contributed by atoms with E-state index < -0.39 is 0 Å². The van der Waals surface area contributed by atoms with E-state index in [-0.39, 0.29) is 11.3 Å². The predicted molar refractivity (Wildman–Crippen MR) is 94.9 cm³/mol. The van der Waals surface area contributed by atoms with Crippen LogP contribution in [0.1, 0.15) is 67.3 Å². The van der Waals surface area contributed by atoms with Crippen molar-refractivity contribution >= 4 is 11.6 Å². The lowest BCUT2D eigenvalue weighted by Gasteiger charge is -2.25. The molecule has 1 aromatic heterocycles. The normalized spacial score (nSPS) is 13.0. The van der Waals surface area contributed by atoms with E-state index in [9.17, 15) is 4.79 Å². The van der Waals surface area contributed by atoms with Crippen LogP contribution in [0.2, 0.25) is 0 Å². The molecule has 0 bridgehead atoms. The standard InChI is InChI=1S/C19H27N3O/c1-12(11-19(4,5)6)15-9-7-8-10-16(15)20-18(23)17-13(2)21-22-14(17)3/h7-10,12H,11H2,1-6H3,(H,20,23)(H,21,22). The van der Waals surface area contributed by atoms with Gasteiger partial charge in [-0.05, 0) is 43.2 Å². The van der Waals surface area contributed by atoms with Crippen molar-refractivity contribution in [2.45, 2.75) is 53.9 Å². The summed E-state index contributed by atoms with van der Waals surface area (Å²) in [6.07, 6.45) is 1.06. The number of anilines is 1. The number of benzene rings is 1. The molecule has 0 saturated carbocycles. The highest BCUT2D eigenvalue weighted by Gasteiger charge is 2.21. The van der Waals surface area contributed by atoms with Gasteiger partial charge in [0.2, 0.25) is 0 Å². The molecule has 0 radical (unpaired) electrons. The van der Waals surface area contributed by atoms with E-state index in [0.29, 0.717) is 11.5 Å². The molecule has 4 heteroatoms. The molecule has 2 N–H and O–H groups in total. The van der Waals surface area contributed by atoms with Gasteiger partial charge in [0.25, 0.3) is 5.91 Å². The number of aryl methyl sites for hydroxylation is 2. The Morgan fingerprint density at radius 3 is 2.48 bits per heavy atom. The molecule has 124 valence electrons. The minimum atomic E-state index is -0.107. The second kappa shape index (κ2) is 6.57. The number of nitrogens with zero attached hydrogens (tertiary/aromatic N) is 1. The maximum absolute atomic E-state index is 12.6. The summed E-state index contributed by atoms with van der Waals surface area (Å²) in [4.78, 5) is 12.6. The minimum Gasteiger partial charge on any atom is -0.322 e. The van der Waals surface area contributed by atoms with Gasteiger partial charge in [-0.1, -0.05) is 45.9 Å². The number of carbonyl (C=O) groups excluding carboxylic acids is 1. The lowest BCUT2D eigenvalue weighted by Crippen LogP contribution is -2.17. The molecule has 1 aromatic carbocycles. The lowest BCUT2D eigenvalue weighted by molar-refractivity contribution is 0.102. The van der Waals surface area contributed by atoms with Gasteiger partial charge < -0.3 is 5.32 Å². The van der Waals surface area contributed by atoms with E-state index in [1.165, 1.54) is 5.56 Å². The zero-order valence-electron chi connectivity index (χ0n) is 14.9. The van der Waals surface area contributed by atoms with Crippen LogP contribution < -0.4 is 5.32 Å². The van der Waals surface area contributed by atoms with Gasteiger partial charge in [0.15, 0.2) is 0 Å². The van der Waals surface area contributed by atoms with Gasteiger partial charge >= 0.3 is 0 Å². The molecule has 0 saturated heterocycles. The average molecular weight is 313 g/mol. The van der Waals surface area contributed by atoms with Crippen molar-refractivity contribution in [3.8, 4) is 0 Å². The summed E-state index contributed by atoms with van der Waals surface area (Å²) in [6.45, 7) is 12.6. The number of nitrogens with one attached hydrogen (secondary N) is 2. The van der Waals surface area contributed by atoms with Gasteiger partial charge in [0, 0.05) is 11.4 Å². The monoisotopic (exact) mass is 313 g/mol. The van der Waals surface area contributed by atoms with E-state index in [1.54, 1.807) is 0 Å². The highest BCUT2D eigenvalue weighted by molar-refractivity contribution is 6.06. The molecule has 0 aliphatic carbocycles. The highest BCUT2D eigenvalue weighted by Crippen LogP contribution is 2.34. The molecular formula is C19H27N3O. The third-order valence-corrected chi connectivity index (χ3v) is 4.01. The lowest BCUT2D eigenvalue weighted by atomic mass is 9.82. The van der Waals surface area contributed by atoms with Gasteiger partial charge in [-0.25, -0.2) is 0 Å². The first kappa shape index (κ1) is 17.3. The van der Waals surface area contributed by atoms with Crippen LogP contribution in [-0.4, -0.2) is 16.1 Å². The zero-order valence-corrected chi connectivity index (χ0v) is 14.9. The molecule has 0 fully saturated rings. The number of rotatable bonds is 4. The first-order valence-corrected chi connectivity index (χ1v) is 8.11. The molecule has 2 aromatic rings. The van der Waals surface area contributed by atoms with Crippen molar-refractivity contribution in [1.82, 2.24) is 10.2 Å². The van der Waals surface area contributed by atoms with Crippen molar-refractivity contribution in [2.75, 3.05) is 5.32 Å². The summed E-state index contributed by atoms with van der Waals surface area (Å²) in [5.74, 6) is 0.266. The minimum absolute atomic E-state index is 0.107. The smallest absolute Gasteiger partial charge is 0.259 e. The quantitative estimate of drug-likeness (QED) is 0.850. The SMILES string of the molecule is Cc1n[nH]c(C)c1C(=O)Nc1ccccc1C(C)CC(C)(C)C. The summed E-state index contributed by atoms with van der Waals surface area (Å²) in [5, 5.41) is 10.0. The Bertz CT molecular complexity index is 675. The number of aromatic amines is 1. The van der Waals surface area contributed by atoms with Crippen LogP contribution >= 0.6 is 0 Å². The van der Waals surface area contributed by atoms with Crippen LogP contribution in [0.4, 0.5) is 5.69 Å². The number of hydrogen-bond acceptors (Lipinski definition) is 2. The number of para-hydroxylation sites is 1. The van der Waals surface area contributed by atoms with Crippen LogP contribution in [0.5, 0.6) is 0 Å². The molecule has 1 amide bonds. The summed E-state index contributed by atoms with van der Waals surface area (Å²) in [5.41, 5.74) is 4.45. The fourth-order valence-corrected chi connectivity index (χ4v) is 3.14. The van der Waals surface area contributed by atoms with Gasteiger partial charge in [0.1, 0.15) is 0 Å². The summed E-state index contributed by atoms with van der Waals surface area (Å²) < 4.78 is 0. The van der Waals surface area contributed by atoms with Gasteiger partial charge in [0.05, 0.1) is 11.3 Å². The van der Waals surface area contributed by atoms with E-state index in [2.05, 4.69) is 49.3 Å². The molecule has 1 unspecified atom stereocenters. The van der Waals surface area contributed by atoms with Gasteiger partial charge in [-0.3, -0.25) is 9.89 Å². The second-order valence-corrected chi connectivity index (χ2v) is 7.52. The van der Waals surface area contributed by atoms with Crippen molar-refractivity contribution in [1.29, 1.82) is 0 Å². The van der Waals surface area contributed by atoms with Crippen LogP contribution in [0.25, 0.3) is 0 Å². The first-order chi connectivity index (χ1) is 10.7. The molecule has 1 heterocycles. The second-order valence-electron chi connectivity index (χ2n) is 7.52. The Balaban J connectivity index is 2.26. The van der Waals surface area contributed by atoms with Crippen molar-refractivity contribution in [3.63, 3.8) is 0 Å². The molecular weight excluding hydrogens is 286 g/mol. The van der Waals surface area contributed by atoms with E-state index in [0.717, 1.165) is 23.5 Å². The van der Waals surface area contributed by atoms with Crippen molar-refractivity contribution in [2.24, 2.45) is 5.41 Å². The number of aromatic nitrogens is 2. The Kier molecular flexibility index (Phi) is 4.93. The van der Waals surface area contributed by atoms with Crippen molar-refractivity contribution < 1.29 is 4.79 Å². The molecule has 1 atom stereocenters. The Hall–Kier alpha value is -2.10. The largest absolute Gasteiger partial charge is 0.322 e. The number of amides is 1. The van der Waals surface area contributed by atoms with Crippen molar-refractivity contribution in [3.05, 3.63) is 46.8 Å². The van der Waals surface area contributed by atoms with Crippen LogP contribution in [0, 0.1) is 19.3 Å². The molecule has 0 aliphatic heterocycles. The first-order valence-electron chi connectivity index (χ1n) is 8.11. The van der Waals surface area contributed by atoms with Gasteiger partial charge in [-0.2, -0.15) is 5.10 Å². The Morgan fingerprint density at radius 1 is 1.26 bits per heavy atom. The van der Waals surface area contributed by atoms with E-state index in [4.69, 9.17) is 0 Å². The molecule has 2 rings (SSSR count). The Labute approximate surface area is 138 Å². The third-order valence-electron chi connectivity index (χ3n) is 4.01. The maximum atomic E-state index is 12.6. The number of carbonyl (C=O) groups is 1. The molecule has 23 heavy (non-hydrogen) atoms. The van der Waals surface area contributed by atoms with Crippen LogP contribution in [-0.2, 0) is 0 Å². The van der Waals surface area contributed by atoms with E-state index in [1.807, 2.05) is 32.0 Å². The van der Waals surface area contributed by atoms with Crippen LogP contribution in [0.15, 0.2) is 24.3 Å². The maximum Gasteiger partial charge on any atom is 0.259 e. The molecule has 0 spiro atoms. The number of hydrogen-bond donors (Lipinski definition) is 2. The average Bonchev–Trinajstić information content (AvgIpc) is 2.76. The Morgan fingerprint density at radius 2 is 1.91 bits per heavy atom. The summed E-state index contributed by atoms with van der Waals surface area (Å²) in [7, 11) is 0. The van der Waals surface area contributed by atoms with Gasteiger partial charge in [-0.15, -0.1) is 0 Å². The fourth-order valence-electron chi connectivity index (χ4n) is 3.14. The zero-order chi connectivity index (χ0) is 17.2. The number of H-pyrrole nitrogens is 1. The predicted octanol–water partition coefficient (Wildman–Crippen LogP) is 4.82. The highest BCUT2D eigenvalue weighted by atomic mass is 16.1. The van der Waals surface area contributed by atoms with E-state index >= 15 is 0 Å². The molecule has 4 nitrogen and oxygen atoms in total. The summed E-state index contributed by atoms with van der Waals surface area (Å²) >= 11 is 0. The summed E-state index contributed by atoms with van der Waals surface area (Å²) in [6, 6.07) is 8.05.